The van der Waals surface area contributed by atoms with Crippen molar-refractivity contribution in [3.8, 4) is 0 Å². The van der Waals surface area contributed by atoms with Gasteiger partial charge in [-0.1, -0.05) is 18.2 Å². The molecular weight excluding hydrogens is 386 g/mol. The van der Waals surface area contributed by atoms with Gasteiger partial charge < -0.3 is 5.11 Å². The molecule has 0 saturated carbocycles. The molecule has 28 heavy (non-hydrogen) atoms. The number of hydrogen-bond donors (Lipinski definition) is 2. The van der Waals surface area contributed by atoms with Gasteiger partial charge in [-0.05, 0) is 37.3 Å². The van der Waals surface area contributed by atoms with Crippen LogP contribution in [-0.4, -0.2) is 37.2 Å². The Bertz CT molecular complexity index is 1130. The van der Waals surface area contributed by atoms with Crippen molar-refractivity contribution in [2.24, 2.45) is 20.5 Å². The van der Waals surface area contributed by atoms with Gasteiger partial charge in [0.15, 0.2) is 6.04 Å². The van der Waals surface area contributed by atoms with Crippen LogP contribution in [0.2, 0.25) is 0 Å². The standard InChI is InChI=1S/C17H15N5O5S/c1-10-15(20-19-14-8-3-2-7-13(14)17(24)25)16(23)22(21-10)11-5-4-6-12(9-11)28(18,26)27/h2-9,15H,1H3,(H,24,25)(H2,18,26,27). The fourth-order valence-corrected chi connectivity index (χ4v) is 3.08. The molecule has 0 spiro atoms. The maximum Gasteiger partial charge on any atom is 0.337 e. The number of sulfonamides is 1. The molecule has 0 radical (unpaired) electrons. The normalized spacial score (nSPS) is 17.2. The first-order valence-electron chi connectivity index (χ1n) is 7.93. The Morgan fingerprint density at radius 1 is 1.21 bits per heavy atom. The molecule has 0 fully saturated rings. The first-order valence-corrected chi connectivity index (χ1v) is 9.48. The number of hydrazone groups is 1. The molecule has 1 aliphatic rings. The number of hydrogen-bond acceptors (Lipinski definition) is 7. The second kappa shape index (κ2) is 7.29. The lowest BCUT2D eigenvalue weighted by Gasteiger charge is -2.13. The second-order valence-electron chi connectivity index (χ2n) is 5.87. The van der Waals surface area contributed by atoms with Crippen LogP contribution in [0.25, 0.3) is 0 Å². The average Bonchev–Trinajstić information content (AvgIpc) is 2.93. The largest absolute Gasteiger partial charge is 0.478 e. The molecule has 1 unspecified atom stereocenters. The van der Waals surface area contributed by atoms with Crippen molar-refractivity contribution in [3.05, 3.63) is 54.1 Å². The molecule has 0 aliphatic carbocycles. The maximum absolute atomic E-state index is 12.7. The van der Waals surface area contributed by atoms with E-state index in [1.54, 1.807) is 19.1 Å². The Kier molecular flexibility index (Phi) is 5.03. The molecule has 10 nitrogen and oxygen atoms in total. The summed E-state index contributed by atoms with van der Waals surface area (Å²) in [6.07, 6.45) is 0. The lowest BCUT2D eigenvalue weighted by atomic mass is 10.2. The van der Waals surface area contributed by atoms with E-state index in [1.807, 2.05) is 0 Å². The van der Waals surface area contributed by atoms with Gasteiger partial charge in [-0.2, -0.15) is 20.3 Å². The van der Waals surface area contributed by atoms with Crippen molar-refractivity contribution in [1.82, 2.24) is 0 Å². The zero-order valence-corrected chi connectivity index (χ0v) is 15.4. The summed E-state index contributed by atoms with van der Waals surface area (Å²) in [6.45, 7) is 1.56. The van der Waals surface area contributed by atoms with Gasteiger partial charge in [0.1, 0.15) is 0 Å². The van der Waals surface area contributed by atoms with Crippen molar-refractivity contribution < 1.29 is 23.1 Å². The van der Waals surface area contributed by atoms with Gasteiger partial charge in [0, 0.05) is 0 Å². The highest BCUT2D eigenvalue weighted by Gasteiger charge is 2.35. The zero-order chi connectivity index (χ0) is 20.5. The highest BCUT2D eigenvalue weighted by atomic mass is 32.2. The molecular formula is C17H15N5O5S. The molecule has 144 valence electrons. The molecule has 11 heteroatoms. The van der Waals surface area contributed by atoms with Crippen molar-refractivity contribution in [2.45, 2.75) is 17.9 Å². The number of carbonyl (C=O) groups excluding carboxylic acids is 1. The molecule has 0 bridgehead atoms. The van der Waals surface area contributed by atoms with Crippen LogP contribution in [0.15, 0.2) is 68.8 Å². The fourth-order valence-electron chi connectivity index (χ4n) is 2.53. The van der Waals surface area contributed by atoms with E-state index in [-0.39, 0.29) is 21.8 Å². The minimum absolute atomic E-state index is 0.0519. The third-order valence-corrected chi connectivity index (χ3v) is 4.81. The predicted octanol–water partition coefficient (Wildman–Crippen LogP) is 1.91. The SMILES string of the molecule is CC1=NN(c2cccc(S(N)(=O)=O)c2)C(=O)C1N=Nc1ccccc1C(=O)O. The Labute approximate surface area is 160 Å². The second-order valence-corrected chi connectivity index (χ2v) is 7.44. The van der Waals surface area contributed by atoms with Crippen molar-refractivity contribution >= 4 is 39.0 Å². The number of primary sulfonamides is 1. The van der Waals surface area contributed by atoms with Crippen LogP contribution in [0.4, 0.5) is 11.4 Å². The van der Waals surface area contributed by atoms with Crippen LogP contribution in [-0.2, 0) is 14.8 Å². The maximum atomic E-state index is 12.7. The van der Waals surface area contributed by atoms with E-state index in [4.69, 9.17) is 5.14 Å². The number of anilines is 1. The third-order valence-electron chi connectivity index (χ3n) is 3.90. The number of benzene rings is 2. The summed E-state index contributed by atoms with van der Waals surface area (Å²) in [5.41, 5.74) is 0.580. The number of carbonyl (C=O) groups is 2. The van der Waals surface area contributed by atoms with Gasteiger partial charge in [-0.25, -0.2) is 18.4 Å². The summed E-state index contributed by atoms with van der Waals surface area (Å²) >= 11 is 0. The summed E-state index contributed by atoms with van der Waals surface area (Å²) in [4.78, 5) is 23.8. The third kappa shape index (κ3) is 3.80. The molecule has 1 amide bonds. The number of aromatic carboxylic acids is 1. The molecule has 3 N–H and O–H groups in total. The van der Waals surface area contributed by atoms with Gasteiger partial charge >= 0.3 is 5.97 Å². The van der Waals surface area contributed by atoms with Crippen molar-refractivity contribution in [3.63, 3.8) is 0 Å². The minimum Gasteiger partial charge on any atom is -0.478 e. The van der Waals surface area contributed by atoms with E-state index < -0.39 is 27.9 Å². The highest BCUT2D eigenvalue weighted by Crippen LogP contribution is 2.26. The fraction of sp³-hybridized carbons (Fsp3) is 0.118. The number of rotatable bonds is 5. The summed E-state index contributed by atoms with van der Waals surface area (Å²) in [5, 5.41) is 27.3. The number of nitrogens with zero attached hydrogens (tertiary/aromatic N) is 4. The molecule has 2 aromatic carbocycles. The number of nitrogens with two attached hydrogens (primary N) is 1. The quantitative estimate of drug-likeness (QED) is 0.732. The topological polar surface area (TPSA) is 155 Å². The number of carboxylic acids is 1. The lowest BCUT2D eigenvalue weighted by Crippen LogP contribution is -2.29. The number of carboxylic acid groups (broad SMARTS) is 1. The molecule has 2 aromatic rings. The minimum atomic E-state index is -3.94. The van der Waals surface area contributed by atoms with E-state index in [0.29, 0.717) is 5.71 Å². The van der Waals surface area contributed by atoms with Crippen molar-refractivity contribution in [2.75, 3.05) is 5.01 Å². The first kappa shape index (κ1) is 19.3. The summed E-state index contributed by atoms with van der Waals surface area (Å²) in [6, 6.07) is 10.4. The molecule has 1 atom stereocenters. The highest BCUT2D eigenvalue weighted by molar-refractivity contribution is 7.89. The lowest BCUT2D eigenvalue weighted by molar-refractivity contribution is -0.117. The summed E-state index contributed by atoms with van der Waals surface area (Å²) < 4.78 is 23.0. The first-order chi connectivity index (χ1) is 13.2. The molecule has 3 rings (SSSR count). The van der Waals surface area contributed by atoms with Gasteiger partial charge in [-0.3, -0.25) is 4.79 Å². The van der Waals surface area contributed by atoms with Crippen LogP contribution in [0.1, 0.15) is 17.3 Å². The summed E-state index contributed by atoms with van der Waals surface area (Å²) in [5.74, 6) is -1.72. The van der Waals surface area contributed by atoms with Crippen molar-refractivity contribution in [1.29, 1.82) is 0 Å². The Morgan fingerprint density at radius 3 is 2.61 bits per heavy atom. The number of amides is 1. The number of azo groups is 1. The molecule has 0 aromatic heterocycles. The Morgan fingerprint density at radius 2 is 1.93 bits per heavy atom. The Balaban J connectivity index is 1.89. The smallest absolute Gasteiger partial charge is 0.337 e. The molecule has 1 aliphatic heterocycles. The van der Waals surface area contributed by atoms with Crippen LogP contribution in [0, 0.1) is 0 Å². The van der Waals surface area contributed by atoms with Crippen LogP contribution < -0.4 is 10.1 Å². The Hall–Kier alpha value is -3.44. The van der Waals surface area contributed by atoms with E-state index in [1.165, 1.54) is 36.4 Å². The van der Waals surface area contributed by atoms with Gasteiger partial charge in [-0.15, -0.1) is 0 Å². The van der Waals surface area contributed by atoms with Gasteiger partial charge in [0.2, 0.25) is 10.0 Å². The summed E-state index contributed by atoms with van der Waals surface area (Å²) in [7, 11) is -3.94. The average molecular weight is 401 g/mol. The van der Waals surface area contributed by atoms with Gasteiger partial charge in [0.05, 0.1) is 27.5 Å². The van der Waals surface area contributed by atoms with Crippen LogP contribution >= 0.6 is 0 Å². The van der Waals surface area contributed by atoms with Gasteiger partial charge in [0.25, 0.3) is 5.91 Å². The zero-order valence-electron chi connectivity index (χ0n) is 14.6. The van der Waals surface area contributed by atoms with E-state index in [2.05, 4.69) is 15.3 Å². The van der Waals surface area contributed by atoms with E-state index in [9.17, 15) is 23.1 Å². The predicted molar refractivity (Wildman–Crippen MR) is 100 cm³/mol. The molecule has 1 heterocycles. The van der Waals surface area contributed by atoms with Crippen LogP contribution in [0.3, 0.4) is 0 Å². The van der Waals surface area contributed by atoms with E-state index in [0.717, 1.165) is 5.01 Å². The monoisotopic (exact) mass is 401 g/mol. The van der Waals surface area contributed by atoms with Crippen LogP contribution in [0.5, 0.6) is 0 Å². The van der Waals surface area contributed by atoms with E-state index >= 15 is 0 Å². The molecule has 0 saturated heterocycles.